The first-order chi connectivity index (χ1) is 9.56. The third-order valence-electron chi connectivity index (χ3n) is 4.02. The van der Waals surface area contributed by atoms with Crippen LogP contribution in [-0.4, -0.2) is 50.1 Å². The Balaban J connectivity index is 1.86. The number of fused-ring (bicyclic) bond motifs is 1. The molecule has 0 bridgehead atoms. The van der Waals surface area contributed by atoms with Gasteiger partial charge in [0.2, 0.25) is 0 Å². The Kier molecular flexibility index (Phi) is 3.17. The maximum absolute atomic E-state index is 11.0. The highest BCUT2D eigenvalue weighted by Crippen LogP contribution is 2.27. The van der Waals surface area contributed by atoms with Crippen LogP contribution in [-0.2, 0) is 6.54 Å². The van der Waals surface area contributed by atoms with E-state index < -0.39 is 5.97 Å². The minimum Gasteiger partial charge on any atom is -0.478 e. The van der Waals surface area contributed by atoms with Gasteiger partial charge in [0.15, 0.2) is 0 Å². The number of carbonyl (C=O) groups is 1. The molecule has 0 saturated heterocycles. The van der Waals surface area contributed by atoms with Crippen LogP contribution in [0.15, 0.2) is 18.2 Å². The number of hydrogen-bond donors (Lipinski definition) is 1. The lowest BCUT2D eigenvalue weighted by atomic mass is 10.2. The molecule has 1 unspecified atom stereocenters. The molecule has 1 aromatic heterocycles. The van der Waals surface area contributed by atoms with E-state index in [2.05, 4.69) is 29.2 Å². The molecule has 1 saturated carbocycles. The highest BCUT2D eigenvalue weighted by Gasteiger charge is 2.29. The van der Waals surface area contributed by atoms with E-state index in [0.717, 1.165) is 11.0 Å². The van der Waals surface area contributed by atoms with Crippen molar-refractivity contribution in [3.05, 3.63) is 23.8 Å². The zero-order chi connectivity index (χ0) is 14.3. The van der Waals surface area contributed by atoms with Gasteiger partial charge in [-0.15, -0.1) is 5.10 Å². The molecule has 0 amide bonds. The van der Waals surface area contributed by atoms with Crippen molar-refractivity contribution < 1.29 is 9.90 Å². The molecule has 6 heteroatoms. The summed E-state index contributed by atoms with van der Waals surface area (Å²) in [6, 6.07) is 5.94. The lowest BCUT2D eigenvalue weighted by molar-refractivity contribution is 0.0697. The molecular weight excluding hydrogens is 256 g/mol. The van der Waals surface area contributed by atoms with Crippen LogP contribution >= 0.6 is 0 Å². The molecule has 2 aromatic rings. The van der Waals surface area contributed by atoms with Gasteiger partial charge in [0, 0.05) is 12.1 Å². The number of benzene rings is 1. The SMILES string of the molecule is CC(Cn1nnc2ccc(C(=O)O)cc21)N(C)C1CC1. The van der Waals surface area contributed by atoms with Crippen molar-refractivity contribution in [2.24, 2.45) is 0 Å². The average Bonchev–Trinajstić information content (AvgIpc) is 3.20. The third-order valence-corrected chi connectivity index (χ3v) is 4.02. The number of carboxylic acids is 1. The summed E-state index contributed by atoms with van der Waals surface area (Å²) in [5.41, 5.74) is 1.78. The number of hydrogen-bond acceptors (Lipinski definition) is 4. The van der Waals surface area contributed by atoms with Gasteiger partial charge in [-0.2, -0.15) is 0 Å². The largest absolute Gasteiger partial charge is 0.478 e. The van der Waals surface area contributed by atoms with Crippen LogP contribution in [0.3, 0.4) is 0 Å². The molecule has 1 aliphatic carbocycles. The topological polar surface area (TPSA) is 71.2 Å². The summed E-state index contributed by atoms with van der Waals surface area (Å²) in [7, 11) is 2.13. The number of likely N-dealkylation sites (N-methyl/N-ethyl adjacent to an activating group) is 1. The summed E-state index contributed by atoms with van der Waals surface area (Å²) in [6.45, 7) is 2.87. The van der Waals surface area contributed by atoms with Gasteiger partial charge in [-0.3, -0.25) is 4.90 Å². The minimum atomic E-state index is -0.928. The van der Waals surface area contributed by atoms with Gasteiger partial charge in [-0.1, -0.05) is 5.21 Å². The van der Waals surface area contributed by atoms with E-state index in [0.29, 0.717) is 18.6 Å². The average molecular weight is 274 g/mol. The van der Waals surface area contributed by atoms with E-state index >= 15 is 0 Å². The maximum atomic E-state index is 11.0. The standard InChI is InChI=1S/C14H18N4O2/c1-9(17(2)11-4-5-11)8-18-13-7-10(14(19)20)3-6-12(13)15-16-18/h3,6-7,9,11H,4-5,8H2,1-2H3,(H,19,20). The fourth-order valence-corrected chi connectivity index (χ4v) is 2.45. The van der Waals surface area contributed by atoms with Gasteiger partial charge in [0.05, 0.1) is 17.6 Å². The van der Waals surface area contributed by atoms with Crippen molar-refractivity contribution in [1.82, 2.24) is 19.9 Å². The summed E-state index contributed by atoms with van der Waals surface area (Å²) in [6.07, 6.45) is 2.53. The number of rotatable bonds is 5. The monoisotopic (exact) mass is 274 g/mol. The normalized spacial score (nSPS) is 16.8. The predicted molar refractivity (Wildman–Crippen MR) is 74.7 cm³/mol. The van der Waals surface area contributed by atoms with E-state index in [9.17, 15) is 4.79 Å². The molecule has 20 heavy (non-hydrogen) atoms. The fraction of sp³-hybridized carbons (Fsp3) is 0.500. The van der Waals surface area contributed by atoms with E-state index in [-0.39, 0.29) is 5.56 Å². The molecule has 1 aromatic carbocycles. The minimum absolute atomic E-state index is 0.268. The van der Waals surface area contributed by atoms with Crippen LogP contribution in [0, 0.1) is 0 Å². The zero-order valence-electron chi connectivity index (χ0n) is 11.7. The lowest BCUT2D eigenvalue weighted by Crippen LogP contribution is -2.34. The first-order valence-corrected chi connectivity index (χ1v) is 6.84. The second-order valence-corrected chi connectivity index (χ2v) is 5.53. The lowest BCUT2D eigenvalue weighted by Gasteiger charge is -2.24. The first kappa shape index (κ1) is 13.1. The van der Waals surface area contributed by atoms with Crippen molar-refractivity contribution >= 4 is 17.0 Å². The van der Waals surface area contributed by atoms with Gasteiger partial charge in [0.25, 0.3) is 0 Å². The third kappa shape index (κ3) is 2.38. The summed E-state index contributed by atoms with van der Waals surface area (Å²) < 4.78 is 1.80. The van der Waals surface area contributed by atoms with Crippen molar-refractivity contribution in [3.63, 3.8) is 0 Å². The summed E-state index contributed by atoms with van der Waals surface area (Å²) in [5.74, 6) is -0.928. The molecule has 1 aliphatic rings. The second-order valence-electron chi connectivity index (χ2n) is 5.53. The van der Waals surface area contributed by atoms with Gasteiger partial charge >= 0.3 is 5.97 Å². The number of aromatic carboxylic acids is 1. The Morgan fingerprint density at radius 3 is 2.95 bits per heavy atom. The van der Waals surface area contributed by atoms with Crippen LogP contribution in [0.2, 0.25) is 0 Å². The molecule has 0 aliphatic heterocycles. The molecule has 6 nitrogen and oxygen atoms in total. The molecule has 0 radical (unpaired) electrons. The summed E-state index contributed by atoms with van der Waals surface area (Å²) in [5, 5.41) is 17.3. The van der Waals surface area contributed by atoms with Crippen molar-refractivity contribution in [3.8, 4) is 0 Å². The van der Waals surface area contributed by atoms with E-state index in [1.807, 2.05) is 0 Å². The van der Waals surface area contributed by atoms with Gasteiger partial charge in [0.1, 0.15) is 5.52 Å². The molecule has 3 rings (SSSR count). The van der Waals surface area contributed by atoms with Crippen LogP contribution in [0.5, 0.6) is 0 Å². The van der Waals surface area contributed by atoms with E-state index in [1.54, 1.807) is 22.9 Å². The maximum Gasteiger partial charge on any atom is 0.335 e. The van der Waals surface area contributed by atoms with Crippen LogP contribution in [0.4, 0.5) is 0 Å². The Hall–Kier alpha value is -1.95. The number of nitrogens with zero attached hydrogens (tertiary/aromatic N) is 4. The molecule has 1 heterocycles. The fourth-order valence-electron chi connectivity index (χ4n) is 2.45. The quantitative estimate of drug-likeness (QED) is 0.897. The van der Waals surface area contributed by atoms with Crippen molar-refractivity contribution in [2.45, 2.75) is 38.4 Å². The van der Waals surface area contributed by atoms with Gasteiger partial charge in [-0.05, 0) is 45.0 Å². The van der Waals surface area contributed by atoms with Crippen LogP contribution in [0.25, 0.3) is 11.0 Å². The second kappa shape index (κ2) is 4.86. The van der Waals surface area contributed by atoms with Gasteiger partial charge < -0.3 is 5.11 Å². The Morgan fingerprint density at radius 2 is 2.30 bits per heavy atom. The van der Waals surface area contributed by atoms with Crippen molar-refractivity contribution in [2.75, 3.05) is 7.05 Å². The predicted octanol–water partition coefficient (Wildman–Crippen LogP) is 1.61. The van der Waals surface area contributed by atoms with Crippen LogP contribution < -0.4 is 0 Å². The van der Waals surface area contributed by atoms with Gasteiger partial charge in [-0.25, -0.2) is 9.48 Å². The van der Waals surface area contributed by atoms with Crippen molar-refractivity contribution in [1.29, 1.82) is 0 Å². The summed E-state index contributed by atoms with van der Waals surface area (Å²) in [4.78, 5) is 13.4. The zero-order valence-corrected chi connectivity index (χ0v) is 11.7. The first-order valence-electron chi connectivity index (χ1n) is 6.84. The molecule has 0 spiro atoms. The highest BCUT2D eigenvalue weighted by atomic mass is 16.4. The Labute approximate surface area is 117 Å². The number of aromatic nitrogens is 3. The molecule has 1 atom stereocenters. The smallest absolute Gasteiger partial charge is 0.335 e. The molecule has 1 N–H and O–H groups in total. The number of carboxylic acid groups (broad SMARTS) is 1. The molecule has 106 valence electrons. The molecular formula is C14H18N4O2. The Morgan fingerprint density at radius 1 is 1.55 bits per heavy atom. The van der Waals surface area contributed by atoms with E-state index in [1.165, 1.54) is 12.8 Å². The summed E-state index contributed by atoms with van der Waals surface area (Å²) >= 11 is 0. The Bertz CT molecular complexity index is 648. The highest BCUT2D eigenvalue weighted by molar-refractivity contribution is 5.92. The van der Waals surface area contributed by atoms with Crippen LogP contribution in [0.1, 0.15) is 30.1 Å². The molecule has 1 fully saturated rings. The van der Waals surface area contributed by atoms with E-state index in [4.69, 9.17) is 5.11 Å².